The van der Waals surface area contributed by atoms with Gasteiger partial charge in [0.1, 0.15) is 0 Å². The number of benzene rings is 1. The molecule has 0 amide bonds. The third kappa shape index (κ3) is 3.92. The summed E-state index contributed by atoms with van der Waals surface area (Å²) in [6, 6.07) is 8.33. The van der Waals surface area contributed by atoms with Crippen LogP contribution in [0, 0.1) is 5.92 Å². The van der Waals surface area contributed by atoms with Gasteiger partial charge in [0.2, 0.25) is 0 Å². The third-order valence-corrected chi connectivity index (χ3v) is 6.53. The molecule has 1 fully saturated rings. The number of hydrogen-bond donors (Lipinski definition) is 1. The number of halogens is 1. The molecule has 4 unspecified atom stereocenters. The fraction of sp³-hybridized carbons (Fsp3) is 0.625. The van der Waals surface area contributed by atoms with Gasteiger partial charge in [-0.2, -0.15) is 0 Å². The molecule has 2 rings (SSSR count). The Kier molecular flexibility index (Phi) is 6.24. The Balaban J connectivity index is 2.18. The molecule has 1 aliphatic rings. The van der Waals surface area contributed by atoms with Crippen LogP contribution >= 0.6 is 15.9 Å². The molecule has 20 heavy (non-hydrogen) atoms. The zero-order valence-electron chi connectivity index (χ0n) is 12.3. The monoisotopic (exact) mass is 357 g/mol. The van der Waals surface area contributed by atoms with Crippen molar-refractivity contribution in [1.82, 2.24) is 5.32 Å². The highest BCUT2D eigenvalue weighted by atomic mass is 79.9. The number of nitrogens with one attached hydrogen (secondary N) is 1. The average Bonchev–Trinajstić information content (AvgIpc) is 2.47. The van der Waals surface area contributed by atoms with E-state index in [9.17, 15) is 4.21 Å². The average molecular weight is 358 g/mol. The van der Waals surface area contributed by atoms with Gasteiger partial charge in [-0.3, -0.25) is 4.21 Å². The van der Waals surface area contributed by atoms with Gasteiger partial charge in [0, 0.05) is 15.4 Å². The lowest BCUT2D eigenvalue weighted by atomic mass is 9.84. The van der Waals surface area contributed by atoms with E-state index < -0.39 is 10.8 Å². The minimum Gasteiger partial charge on any atom is -0.313 e. The molecular formula is C16H24BrNOS. The fourth-order valence-electron chi connectivity index (χ4n) is 3.08. The summed E-state index contributed by atoms with van der Waals surface area (Å²) in [5.74, 6) is 0.728. The van der Waals surface area contributed by atoms with Gasteiger partial charge in [-0.25, -0.2) is 0 Å². The first-order valence-electron chi connectivity index (χ1n) is 7.55. The van der Waals surface area contributed by atoms with Crippen LogP contribution in [0.15, 0.2) is 33.6 Å². The molecule has 1 saturated carbocycles. The molecule has 2 nitrogen and oxygen atoms in total. The highest BCUT2D eigenvalue weighted by Crippen LogP contribution is 2.32. The lowest BCUT2D eigenvalue weighted by Gasteiger charge is -2.35. The van der Waals surface area contributed by atoms with Crippen molar-refractivity contribution in [3.63, 3.8) is 0 Å². The summed E-state index contributed by atoms with van der Waals surface area (Å²) in [4.78, 5) is 0.948. The topological polar surface area (TPSA) is 29.1 Å². The number of rotatable bonds is 5. The highest BCUT2D eigenvalue weighted by molar-refractivity contribution is 9.10. The van der Waals surface area contributed by atoms with E-state index >= 15 is 0 Å². The van der Waals surface area contributed by atoms with Gasteiger partial charge < -0.3 is 5.32 Å². The number of hydrogen-bond acceptors (Lipinski definition) is 2. The van der Waals surface area contributed by atoms with Crippen LogP contribution in [0.3, 0.4) is 0 Å². The van der Waals surface area contributed by atoms with Crippen molar-refractivity contribution >= 4 is 26.7 Å². The molecule has 0 bridgehead atoms. The molecule has 0 saturated heterocycles. The predicted octanol–water partition coefficient (Wildman–Crippen LogP) is 4.11. The first kappa shape index (κ1) is 16.2. The first-order chi connectivity index (χ1) is 9.65. The van der Waals surface area contributed by atoms with E-state index in [0.29, 0.717) is 6.04 Å². The Bertz CT molecular complexity index is 466. The maximum atomic E-state index is 12.9. The third-order valence-electron chi connectivity index (χ3n) is 4.25. The Labute approximate surface area is 133 Å². The van der Waals surface area contributed by atoms with Crippen molar-refractivity contribution in [2.24, 2.45) is 5.92 Å². The zero-order chi connectivity index (χ0) is 14.5. The summed E-state index contributed by atoms with van der Waals surface area (Å²) in [5.41, 5.74) is 0. The molecule has 0 radical (unpaired) electrons. The van der Waals surface area contributed by atoms with E-state index in [2.05, 4.69) is 35.1 Å². The molecule has 1 N–H and O–H groups in total. The lowest BCUT2D eigenvalue weighted by molar-refractivity contribution is 0.294. The van der Waals surface area contributed by atoms with Crippen LogP contribution in [0.4, 0.5) is 0 Å². The minimum atomic E-state index is -0.926. The van der Waals surface area contributed by atoms with Gasteiger partial charge in [0.25, 0.3) is 0 Å². The van der Waals surface area contributed by atoms with Gasteiger partial charge in [0.15, 0.2) is 0 Å². The van der Waals surface area contributed by atoms with E-state index in [1.807, 2.05) is 24.3 Å². The predicted molar refractivity (Wildman–Crippen MR) is 89.4 cm³/mol. The lowest BCUT2D eigenvalue weighted by Crippen LogP contribution is -2.46. The second-order valence-corrected chi connectivity index (χ2v) is 8.13. The molecule has 4 heteroatoms. The summed E-state index contributed by atoms with van der Waals surface area (Å²) in [6.45, 7) is 5.33. The second kappa shape index (κ2) is 7.71. The van der Waals surface area contributed by atoms with Crippen LogP contribution in [-0.2, 0) is 10.8 Å². The van der Waals surface area contributed by atoms with Crippen LogP contribution in [0.2, 0.25) is 0 Å². The van der Waals surface area contributed by atoms with Crippen LogP contribution in [0.25, 0.3) is 0 Å². The Hall–Kier alpha value is -0.190. The largest absolute Gasteiger partial charge is 0.313 e. The standard InChI is InChI=1S/C16H24BrNOS/c1-3-12-8-9-15(18-4-2)16(10-12)20(19)14-7-5-6-13(17)11-14/h5-7,11-12,15-16,18H,3-4,8-10H2,1-2H3. The quantitative estimate of drug-likeness (QED) is 0.858. The van der Waals surface area contributed by atoms with E-state index in [0.717, 1.165) is 34.7 Å². The van der Waals surface area contributed by atoms with E-state index in [-0.39, 0.29) is 5.25 Å². The Morgan fingerprint density at radius 1 is 1.35 bits per heavy atom. The molecule has 0 aliphatic heterocycles. The minimum absolute atomic E-state index is 0.239. The summed E-state index contributed by atoms with van der Waals surface area (Å²) in [6.07, 6.45) is 4.69. The van der Waals surface area contributed by atoms with Crippen molar-refractivity contribution in [1.29, 1.82) is 0 Å². The molecule has 1 aromatic carbocycles. The normalized spacial score (nSPS) is 28.2. The molecule has 0 heterocycles. The van der Waals surface area contributed by atoms with Crippen molar-refractivity contribution < 1.29 is 4.21 Å². The van der Waals surface area contributed by atoms with Crippen LogP contribution in [0.1, 0.15) is 39.5 Å². The van der Waals surface area contributed by atoms with E-state index in [1.165, 1.54) is 12.8 Å². The first-order valence-corrected chi connectivity index (χ1v) is 9.55. The highest BCUT2D eigenvalue weighted by Gasteiger charge is 2.33. The molecule has 1 aliphatic carbocycles. The van der Waals surface area contributed by atoms with Crippen molar-refractivity contribution in [2.75, 3.05) is 6.54 Å². The fourth-order valence-corrected chi connectivity index (χ4v) is 5.42. The van der Waals surface area contributed by atoms with Gasteiger partial charge in [-0.15, -0.1) is 0 Å². The van der Waals surface area contributed by atoms with Gasteiger partial charge in [-0.05, 0) is 49.9 Å². The molecule has 0 aromatic heterocycles. The van der Waals surface area contributed by atoms with Crippen molar-refractivity contribution in [3.05, 3.63) is 28.7 Å². The Morgan fingerprint density at radius 2 is 2.15 bits per heavy atom. The maximum absolute atomic E-state index is 12.9. The molecule has 112 valence electrons. The zero-order valence-corrected chi connectivity index (χ0v) is 14.7. The van der Waals surface area contributed by atoms with Gasteiger partial charge >= 0.3 is 0 Å². The van der Waals surface area contributed by atoms with Crippen LogP contribution in [0.5, 0.6) is 0 Å². The van der Waals surface area contributed by atoms with Gasteiger partial charge in [-0.1, -0.05) is 42.3 Å². The summed E-state index contributed by atoms with van der Waals surface area (Å²) in [5, 5.41) is 3.78. The van der Waals surface area contributed by atoms with Crippen LogP contribution in [-0.4, -0.2) is 22.0 Å². The summed E-state index contributed by atoms with van der Waals surface area (Å²) in [7, 11) is -0.926. The molecular weight excluding hydrogens is 334 g/mol. The van der Waals surface area contributed by atoms with Crippen LogP contribution < -0.4 is 5.32 Å². The smallest absolute Gasteiger partial charge is 0.0577 e. The second-order valence-electron chi connectivity index (χ2n) is 5.54. The maximum Gasteiger partial charge on any atom is 0.0577 e. The van der Waals surface area contributed by atoms with E-state index in [4.69, 9.17) is 0 Å². The summed E-state index contributed by atoms with van der Waals surface area (Å²) < 4.78 is 14.0. The van der Waals surface area contributed by atoms with Gasteiger partial charge in [0.05, 0.1) is 16.0 Å². The SMILES string of the molecule is CCNC1CCC(CC)CC1S(=O)c1cccc(Br)c1. The van der Waals surface area contributed by atoms with E-state index in [1.54, 1.807) is 0 Å². The molecule has 1 aromatic rings. The Morgan fingerprint density at radius 3 is 2.80 bits per heavy atom. The molecule has 4 atom stereocenters. The molecule has 0 spiro atoms. The summed E-state index contributed by atoms with van der Waals surface area (Å²) >= 11 is 3.48. The van der Waals surface area contributed by atoms with Crippen molar-refractivity contribution in [2.45, 2.75) is 55.7 Å². The van der Waals surface area contributed by atoms with Crippen molar-refractivity contribution in [3.8, 4) is 0 Å².